The van der Waals surface area contributed by atoms with Gasteiger partial charge in [0.15, 0.2) is 0 Å². The normalized spacial score (nSPS) is 10.9. The number of ether oxygens (including phenoxy) is 2. The van der Waals surface area contributed by atoms with Crippen molar-refractivity contribution in [3.05, 3.63) is 82.9 Å². The van der Waals surface area contributed by atoms with Crippen LogP contribution in [0, 0.1) is 10.1 Å². The number of esters is 1. The number of nitro groups is 1. The van der Waals surface area contributed by atoms with Crippen molar-refractivity contribution < 1.29 is 19.2 Å². The maximum Gasteiger partial charge on any atom is 0.305 e. The van der Waals surface area contributed by atoms with Crippen molar-refractivity contribution in [2.24, 2.45) is 0 Å². The average molecular weight is 460 g/mol. The topological polar surface area (TPSA) is 96.5 Å². The molecule has 0 unspecified atom stereocenters. The van der Waals surface area contributed by atoms with Crippen LogP contribution in [0.2, 0.25) is 0 Å². The quantitative estimate of drug-likeness (QED) is 0.130. The highest BCUT2D eigenvalue weighted by Crippen LogP contribution is 2.31. The molecule has 0 aliphatic carbocycles. The summed E-state index contributed by atoms with van der Waals surface area (Å²) in [6, 6.07) is 22.0. The second-order valence-corrected chi connectivity index (χ2v) is 7.80. The Labute approximate surface area is 196 Å². The van der Waals surface area contributed by atoms with Gasteiger partial charge in [-0.15, -0.1) is 0 Å². The van der Waals surface area contributed by atoms with Gasteiger partial charge in [0.05, 0.1) is 29.7 Å². The van der Waals surface area contributed by atoms with Crippen LogP contribution in [-0.2, 0) is 9.53 Å². The van der Waals surface area contributed by atoms with E-state index in [0.717, 1.165) is 47.3 Å². The van der Waals surface area contributed by atoms with Crippen LogP contribution >= 0.6 is 0 Å². The summed E-state index contributed by atoms with van der Waals surface area (Å²) < 4.78 is 12.6. The number of carbonyl (C=O) groups is 1. The van der Waals surface area contributed by atoms with Crippen molar-refractivity contribution >= 4 is 22.7 Å². The van der Waals surface area contributed by atoms with Gasteiger partial charge >= 0.3 is 5.97 Å². The fraction of sp³-hybridized carbons (Fsp3) is 0.231. The number of fused-ring (bicyclic) bond motifs is 1. The summed E-state index contributed by atoms with van der Waals surface area (Å²) in [7, 11) is 1.40. The summed E-state index contributed by atoms with van der Waals surface area (Å²) in [5.41, 5.74) is 3.41. The number of unbranched alkanes of at least 4 members (excludes halogenated alkanes) is 2. The molecule has 4 aromatic rings. The first kappa shape index (κ1) is 23.0. The zero-order chi connectivity index (χ0) is 23.9. The van der Waals surface area contributed by atoms with E-state index in [1.807, 2.05) is 53.1 Å². The van der Waals surface area contributed by atoms with Crippen LogP contribution in [0.3, 0.4) is 0 Å². The standard InChI is InChI=1S/C26H25N3O5/c1-33-25(30)10-6-3-7-17-34-22-15-16-23-24(18-22)28(20-8-4-2-5-9-20)26(27-23)19-11-13-21(14-12-19)29(31)32/h2,4-5,8-9,11-16,18H,3,6-7,10,17H2,1H3. The summed E-state index contributed by atoms with van der Waals surface area (Å²) in [5.74, 6) is 1.23. The molecule has 0 aliphatic rings. The van der Waals surface area contributed by atoms with Crippen molar-refractivity contribution in [2.45, 2.75) is 25.7 Å². The Hall–Kier alpha value is -4.20. The number of hydrogen-bond donors (Lipinski definition) is 0. The van der Waals surface area contributed by atoms with Gasteiger partial charge in [0.25, 0.3) is 5.69 Å². The number of rotatable bonds is 10. The largest absolute Gasteiger partial charge is 0.494 e. The van der Waals surface area contributed by atoms with Crippen LogP contribution < -0.4 is 4.74 Å². The monoisotopic (exact) mass is 459 g/mol. The zero-order valence-electron chi connectivity index (χ0n) is 18.8. The number of benzene rings is 3. The number of imidazole rings is 1. The van der Waals surface area contributed by atoms with Crippen LogP contribution in [-0.4, -0.2) is 34.2 Å². The van der Waals surface area contributed by atoms with Gasteiger partial charge in [-0.05, 0) is 55.7 Å². The van der Waals surface area contributed by atoms with E-state index in [-0.39, 0.29) is 11.7 Å². The van der Waals surface area contributed by atoms with Crippen LogP contribution in [0.15, 0.2) is 72.8 Å². The Morgan fingerprint density at radius 3 is 2.47 bits per heavy atom. The van der Waals surface area contributed by atoms with Crippen LogP contribution in [0.5, 0.6) is 5.75 Å². The minimum Gasteiger partial charge on any atom is -0.494 e. The van der Waals surface area contributed by atoms with E-state index < -0.39 is 4.92 Å². The predicted molar refractivity (Wildman–Crippen MR) is 129 cm³/mol. The highest BCUT2D eigenvalue weighted by molar-refractivity contribution is 5.84. The van der Waals surface area contributed by atoms with Gasteiger partial charge < -0.3 is 9.47 Å². The van der Waals surface area contributed by atoms with Crippen LogP contribution in [0.4, 0.5) is 5.69 Å². The number of non-ortho nitro benzene ring substituents is 1. The molecule has 0 saturated carbocycles. The molecule has 0 radical (unpaired) electrons. The second-order valence-electron chi connectivity index (χ2n) is 7.80. The molecular weight excluding hydrogens is 434 g/mol. The molecule has 0 fully saturated rings. The van der Waals surface area contributed by atoms with E-state index in [4.69, 9.17) is 9.72 Å². The maximum atomic E-state index is 11.2. The van der Waals surface area contributed by atoms with Gasteiger partial charge in [-0.25, -0.2) is 4.98 Å². The summed E-state index contributed by atoms with van der Waals surface area (Å²) in [6.07, 6.45) is 2.91. The Morgan fingerprint density at radius 1 is 1.00 bits per heavy atom. The molecule has 0 spiro atoms. The molecule has 0 N–H and O–H groups in total. The van der Waals surface area contributed by atoms with Gasteiger partial charge in [-0.2, -0.15) is 0 Å². The van der Waals surface area contributed by atoms with Gasteiger partial charge in [0.2, 0.25) is 0 Å². The number of para-hydroxylation sites is 1. The lowest BCUT2D eigenvalue weighted by molar-refractivity contribution is -0.384. The first-order valence-corrected chi connectivity index (χ1v) is 11.1. The lowest BCUT2D eigenvalue weighted by Gasteiger charge is -2.11. The molecule has 0 aliphatic heterocycles. The van der Waals surface area contributed by atoms with Crippen LogP contribution in [0.25, 0.3) is 28.1 Å². The van der Waals surface area contributed by atoms with Crippen molar-refractivity contribution in [1.82, 2.24) is 9.55 Å². The van der Waals surface area contributed by atoms with E-state index in [2.05, 4.69) is 4.74 Å². The molecule has 8 heteroatoms. The SMILES string of the molecule is COC(=O)CCCCCOc1ccc2nc(-c3ccc([N+](=O)[O-])cc3)n(-c3ccccc3)c2c1. The summed E-state index contributed by atoms with van der Waals surface area (Å²) in [4.78, 5) is 26.7. The number of carbonyl (C=O) groups excluding carboxylic acids is 1. The van der Waals surface area contributed by atoms with Gasteiger partial charge in [-0.3, -0.25) is 19.5 Å². The lowest BCUT2D eigenvalue weighted by atomic mass is 10.2. The minimum absolute atomic E-state index is 0.0356. The smallest absolute Gasteiger partial charge is 0.305 e. The average Bonchev–Trinajstić information content (AvgIpc) is 3.25. The highest BCUT2D eigenvalue weighted by atomic mass is 16.6. The fourth-order valence-electron chi connectivity index (χ4n) is 3.75. The van der Waals surface area contributed by atoms with Gasteiger partial charge in [0, 0.05) is 35.9 Å². The number of aromatic nitrogens is 2. The number of methoxy groups -OCH3 is 1. The van der Waals surface area contributed by atoms with Gasteiger partial charge in [-0.1, -0.05) is 18.2 Å². The minimum atomic E-state index is -0.414. The van der Waals surface area contributed by atoms with E-state index in [9.17, 15) is 14.9 Å². The van der Waals surface area contributed by atoms with Crippen molar-refractivity contribution in [2.75, 3.05) is 13.7 Å². The summed E-state index contributed by atoms with van der Waals surface area (Å²) in [5, 5.41) is 11.1. The molecule has 0 saturated heterocycles. The maximum absolute atomic E-state index is 11.2. The summed E-state index contributed by atoms with van der Waals surface area (Å²) >= 11 is 0. The molecular formula is C26H25N3O5. The number of hydrogen-bond acceptors (Lipinski definition) is 6. The van der Waals surface area contributed by atoms with E-state index in [0.29, 0.717) is 18.9 Å². The third-order valence-electron chi connectivity index (χ3n) is 5.50. The lowest BCUT2D eigenvalue weighted by Crippen LogP contribution is -2.01. The molecule has 4 rings (SSSR count). The van der Waals surface area contributed by atoms with Crippen molar-refractivity contribution in [1.29, 1.82) is 0 Å². The third-order valence-corrected chi connectivity index (χ3v) is 5.50. The van der Waals surface area contributed by atoms with E-state index in [1.165, 1.54) is 19.2 Å². The van der Waals surface area contributed by atoms with Crippen molar-refractivity contribution in [3.63, 3.8) is 0 Å². The first-order valence-electron chi connectivity index (χ1n) is 11.1. The van der Waals surface area contributed by atoms with Crippen LogP contribution in [0.1, 0.15) is 25.7 Å². The van der Waals surface area contributed by atoms with Crippen molar-refractivity contribution in [3.8, 4) is 22.8 Å². The number of nitrogens with zero attached hydrogens (tertiary/aromatic N) is 3. The Bertz CT molecular complexity index is 1280. The Kier molecular flexibility index (Phi) is 7.17. The number of nitro benzene ring substituents is 1. The Balaban J connectivity index is 1.60. The molecule has 0 bridgehead atoms. The van der Waals surface area contributed by atoms with E-state index in [1.54, 1.807) is 12.1 Å². The molecule has 174 valence electrons. The molecule has 0 atom stereocenters. The zero-order valence-corrected chi connectivity index (χ0v) is 18.8. The predicted octanol–water partition coefficient (Wildman–Crippen LogP) is 5.71. The Morgan fingerprint density at radius 2 is 1.76 bits per heavy atom. The van der Waals surface area contributed by atoms with Gasteiger partial charge in [0.1, 0.15) is 11.6 Å². The molecule has 34 heavy (non-hydrogen) atoms. The molecule has 3 aromatic carbocycles. The molecule has 1 aromatic heterocycles. The van der Waals surface area contributed by atoms with E-state index >= 15 is 0 Å². The highest BCUT2D eigenvalue weighted by Gasteiger charge is 2.16. The molecule has 1 heterocycles. The summed E-state index contributed by atoms with van der Waals surface area (Å²) in [6.45, 7) is 0.543. The second kappa shape index (κ2) is 10.6. The third kappa shape index (κ3) is 5.23. The molecule has 8 nitrogen and oxygen atoms in total. The molecule has 0 amide bonds. The first-order chi connectivity index (χ1) is 16.6. The fourth-order valence-corrected chi connectivity index (χ4v) is 3.75.